The van der Waals surface area contributed by atoms with Gasteiger partial charge in [0.1, 0.15) is 0 Å². The lowest BCUT2D eigenvalue weighted by molar-refractivity contribution is 0.118. The van der Waals surface area contributed by atoms with E-state index in [9.17, 15) is 0 Å². The minimum Gasteiger partial charge on any atom is -0.381 e. The Balaban J connectivity index is 2.31. The van der Waals surface area contributed by atoms with Gasteiger partial charge in [-0.15, -0.1) is 0 Å². The molecule has 1 aliphatic rings. The smallest absolute Gasteiger partial charge is 0.0547 e. The standard InChI is InChI=1S/C15H32N2O/c1-4-6-7-10-17(3)13-15(8-11-18-14-15)12-16-9-5-2/h16H,4-14H2,1-3H3. The molecule has 1 N–H and O–H groups in total. The second kappa shape index (κ2) is 8.89. The van der Waals surface area contributed by atoms with Gasteiger partial charge in [-0.05, 0) is 39.4 Å². The Morgan fingerprint density at radius 3 is 2.67 bits per heavy atom. The van der Waals surface area contributed by atoms with E-state index in [1.54, 1.807) is 0 Å². The highest BCUT2D eigenvalue weighted by Gasteiger charge is 2.35. The van der Waals surface area contributed by atoms with Crippen LogP contribution in [0.1, 0.15) is 46.0 Å². The molecule has 1 heterocycles. The molecule has 3 heteroatoms. The maximum absolute atomic E-state index is 5.65. The van der Waals surface area contributed by atoms with Crippen molar-refractivity contribution in [3.8, 4) is 0 Å². The molecule has 108 valence electrons. The zero-order chi connectivity index (χ0) is 13.3. The summed E-state index contributed by atoms with van der Waals surface area (Å²) in [5.41, 5.74) is 0.357. The summed E-state index contributed by atoms with van der Waals surface area (Å²) in [5.74, 6) is 0. The van der Waals surface area contributed by atoms with Gasteiger partial charge in [-0.25, -0.2) is 0 Å². The van der Waals surface area contributed by atoms with Gasteiger partial charge in [-0.2, -0.15) is 0 Å². The highest BCUT2D eigenvalue weighted by atomic mass is 16.5. The first-order valence-corrected chi connectivity index (χ1v) is 7.69. The zero-order valence-electron chi connectivity index (χ0n) is 12.6. The fourth-order valence-electron chi connectivity index (χ4n) is 2.78. The molecule has 0 radical (unpaired) electrons. The van der Waals surface area contributed by atoms with Crippen LogP contribution in [0.25, 0.3) is 0 Å². The molecule has 1 saturated heterocycles. The Labute approximate surface area is 113 Å². The molecule has 0 aromatic rings. The number of nitrogens with one attached hydrogen (secondary N) is 1. The summed E-state index contributed by atoms with van der Waals surface area (Å²) in [6.45, 7) is 11.0. The molecule has 0 saturated carbocycles. The van der Waals surface area contributed by atoms with Crippen molar-refractivity contribution in [2.45, 2.75) is 46.0 Å². The molecule has 18 heavy (non-hydrogen) atoms. The summed E-state index contributed by atoms with van der Waals surface area (Å²) in [5, 5.41) is 3.58. The Hall–Kier alpha value is -0.120. The lowest BCUT2D eigenvalue weighted by Gasteiger charge is -2.32. The summed E-state index contributed by atoms with van der Waals surface area (Å²) in [6.07, 6.45) is 6.40. The molecular weight excluding hydrogens is 224 g/mol. The van der Waals surface area contributed by atoms with Crippen LogP contribution in [0.3, 0.4) is 0 Å². The van der Waals surface area contributed by atoms with Crippen LogP contribution < -0.4 is 5.32 Å². The molecule has 0 spiro atoms. The van der Waals surface area contributed by atoms with Crippen LogP contribution in [0.2, 0.25) is 0 Å². The number of hydrogen-bond acceptors (Lipinski definition) is 3. The Kier molecular flexibility index (Phi) is 7.87. The Bertz CT molecular complexity index is 203. The third kappa shape index (κ3) is 5.68. The van der Waals surface area contributed by atoms with Crippen molar-refractivity contribution in [1.82, 2.24) is 10.2 Å². The molecule has 0 aromatic carbocycles. The highest BCUT2D eigenvalue weighted by molar-refractivity contribution is 4.87. The first-order chi connectivity index (χ1) is 8.72. The molecule has 0 aromatic heterocycles. The second-order valence-corrected chi connectivity index (χ2v) is 5.92. The number of nitrogens with zero attached hydrogens (tertiary/aromatic N) is 1. The maximum atomic E-state index is 5.65. The SMILES string of the molecule is CCCCCN(C)CC1(CNCCC)CCOC1. The van der Waals surface area contributed by atoms with Crippen LogP contribution in [0.15, 0.2) is 0 Å². The largest absolute Gasteiger partial charge is 0.381 e. The summed E-state index contributed by atoms with van der Waals surface area (Å²) >= 11 is 0. The molecule has 3 nitrogen and oxygen atoms in total. The van der Waals surface area contributed by atoms with Crippen molar-refractivity contribution in [3.63, 3.8) is 0 Å². The number of rotatable bonds is 10. The number of ether oxygens (including phenoxy) is 1. The van der Waals surface area contributed by atoms with Gasteiger partial charge in [0.05, 0.1) is 6.61 Å². The quantitative estimate of drug-likeness (QED) is 0.608. The molecule has 1 fully saturated rings. The first-order valence-electron chi connectivity index (χ1n) is 7.69. The molecule has 1 aliphatic heterocycles. The van der Waals surface area contributed by atoms with Gasteiger partial charge < -0.3 is 15.0 Å². The van der Waals surface area contributed by atoms with Crippen LogP contribution in [0, 0.1) is 5.41 Å². The van der Waals surface area contributed by atoms with Gasteiger partial charge in [-0.3, -0.25) is 0 Å². The topological polar surface area (TPSA) is 24.5 Å². The number of hydrogen-bond donors (Lipinski definition) is 1. The monoisotopic (exact) mass is 256 g/mol. The van der Waals surface area contributed by atoms with Crippen molar-refractivity contribution in [2.24, 2.45) is 5.41 Å². The van der Waals surface area contributed by atoms with E-state index in [0.29, 0.717) is 5.41 Å². The minimum atomic E-state index is 0.357. The van der Waals surface area contributed by atoms with E-state index in [1.165, 1.54) is 45.2 Å². The van der Waals surface area contributed by atoms with Gasteiger partial charge in [0.25, 0.3) is 0 Å². The normalized spacial score (nSPS) is 24.0. The van der Waals surface area contributed by atoms with Crippen LogP contribution in [-0.2, 0) is 4.74 Å². The third-order valence-corrected chi connectivity index (χ3v) is 3.86. The van der Waals surface area contributed by atoms with Crippen molar-refractivity contribution in [2.75, 3.05) is 46.4 Å². The van der Waals surface area contributed by atoms with Gasteiger partial charge >= 0.3 is 0 Å². The molecule has 1 rings (SSSR count). The van der Waals surface area contributed by atoms with Crippen LogP contribution in [0.4, 0.5) is 0 Å². The second-order valence-electron chi connectivity index (χ2n) is 5.92. The van der Waals surface area contributed by atoms with Gasteiger partial charge in [0.2, 0.25) is 0 Å². The predicted molar refractivity (Wildman–Crippen MR) is 78.1 cm³/mol. The lowest BCUT2D eigenvalue weighted by atomic mass is 9.86. The highest BCUT2D eigenvalue weighted by Crippen LogP contribution is 2.28. The first kappa shape index (κ1) is 15.9. The summed E-state index contributed by atoms with van der Waals surface area (Å²) in [4.78, 5) is 2.50. The molecule has 0 aliphatic carbocycles. The Morgan fingerprint density at radius 1 is 1.22 bits per heavy atom. The van der Waals surface area contributed by atoms with Gasteiger partial charge in [0, 0.05) is 25.1 Å². The molecule has 1 unspecified atom stereocenters. The molecule has 1 atom stereocenters. The third-order valence-electron chi connectivity index (χ3n) is 3.86. The van der Waals surface area contributed by atoms with E-state index in [-0.39, 0.29) is 0 Å². The summed E-state index contributed by atoms with van der Waals surface area (Å²) in [6, 6.07) is 0. The van der Waals surface area contributed by atoms with E-state index in [0.717, 1.165) is 26.3 Å². The minimum absolute atomic E-state index is 0.357. The zero-order valence-corrected chi connectivity index (χ0v) is 12.6. The van der Waals surface area contributed by atoms with Gasteiger partial charge in [0.15, 0.2) is 0 Å². The van der Waals surface area contributed by atoms with E-state index in [4.69, 9.17) is 4.74 Å². The molecule has 0 amide bonds. The van der Waals surface area contributed by atoms with Crippen LogP contribution >= 0.6 is 0 Å². The maximum Gasteiger partial charge on any atom is 0.0547 e. The molecular formula is C15H32N2O. The average Bonchev–Trinajstić information content (AvgIpc) is 2.78. The van der Waals surface area contributed by atoms with E-state index < -0.39 is 0 Å². The fraction of sp³-hybridized carbons (Fsp3) is 1.00. The summed E-state index contributed by atoms with van der Waals surface area (Å²) in [7, 11) is 2.26. The van der Waals surface area contributed by atoms with Crippen LogP contribution in [0.5, 0.6) is 0 Å². The van der Waals surface area contributed by atoms with Crippen molar-refractivity contribution < 1.29 is 4.74 Å². The van der Waals surface area contributed by atoms with E-state index in [1.807, 2.05) is 0 Å². The molecule has 0 bridgehead atoms. The number of unbranched alkanes of at least 4 members (excludes halogenated alkanes) is 2. The van der Waals surface area contributed by atoms with Crippen molar-refractivity contribution in [3.05, 3.63) is 0 Å². The fourth-order valence-corrected chi connectivity index (χ4v) is 2.78. The van der Waals surface area contributed by atoms with E-state index >= 15 is 0 Å². The predicted octanol–water partition coefficient (Wildman–Crippen LogP) is 2.51. The van der Waals surface area contributed by atoms with Crippen molar-refractivity contribution in [1.29, 1.82) is 0 Å². The summed E-state index contributed by atoms with van der Waals surface area (Å²) < 4.78 is 5.65. The lowest BCUT2D eigenvalue weighted by Crippen LogP contribution is -2.44. The Morgan fingerprint density at radius 2 is 2.06 bits per heavy atom. The van der Waals surface area contributed by atoms with Crippen LogP contribution in [-0.4, -0.2) is 51.3 Å². The van der Waals surface area contributed by atoms with Gasteiger partial charge in [-0.1, -0.05) is 26.7 Å². The average molecular weight is 256 g/mol. The van der Waals surface area contributed by atoms with Crippen molar-refractivity contribution >= 4 is 0 Å². The van der Waals surface area contributed by atoms with E-state index in [2.05, 4.69) is 31.1 Å².